The molecule has 0 aromatic rings. The lowest BCUT2D eigenvalue weighted by molar-refractivity contribution is 0.501. The molecule has 0 heterocycles. The summed E-state index contributed by atoms with van der Waals surface area (Å²) in [6.07, 6.45) is 23.8. The molecule has 0 spiro atoms. The standard InChI is InChI=1S/C41H54/c1-14-18-35(26-33-22-20-29(33)8)41(34(15-2)25-32-21-19-28(32)7)38(23-30(9)27(5)6)36(16-3)37(17-4)39(41)24-31(10)40(11,12)13/h15-18,23-27H,2-4,8,14,19-22H2,1,5-7,9-13H3/b30-23+,31-24+,33-26-,34-25+,35-18+. The van der Waals surface area contributed by atoms with Gasteiger partial charge in [-0.3, -0.25) is 0 Å². The van der Waals surface area contributed by atoms with E-state index < -0.39 is 5.41 Å². The maximum atomic E-state index is 4.48. The van der Waals surface area contributed by atoms with Gasteiger partial charge in [-0.25, -0.2) is 0 Å². The summed E-state index contributed by atoms with van der Waals surface area (Å²) < 4.78 is 0. The van der Waals surface area contributed by atoms with Crippen molar-refractivity contribution in [3.8, 4) is 0 Å². The van der Waals surface area contributed by atoms with Gasteiger partial charge in [0, 0.05) is 0 Å². The molecule has 1 saturated carbocycles. The minimum atomic E-state index is -0.556. The van der Waals surface area contributed by atoms with Gasteiger partial charge in [0.05, 0.1) is 5.41 Å². The molecule has 3 aliphatic carbocycles. The molecule has 0 aromatic heterocycles. The van der Waals surface area contributed by atoms with Crippen molar-refractivity contribution in [3.63, 3.8) is 0 Å². The van der Waals surface area contributed by atoms with Gasteiger partial charge < -0.3 is 0 Å². The average Bonchev–Trinajstić information content (AvgIpc) is 3.17. The predicted molar refractivity (Wildman–Crippen MR) is 184 cm³/mol. The van der Waals surface area contributed by atoms with Crippen LogP contribution in [0.25, 0.3) is 0 Å². The third-order valence-electron chi connectivity index (χ3n) is 9.55. The highest BCUT2D eigenvalue weighted by atomic mass is 14.5. The van der Waals surface area contributed by atoms with Crippen LogP contribution in [0.3, 0.4) is 0 Å². The first-order valence-corrected chi connectivity index (χ1v) is 15.5. The van der Waals surface area contributed by atoms with Crippen LogP contribution in [0.15, 0.2) is 142 Å². The minimum Gasteiger partial charge on any atom is -0.0987 e. The smallest absolute Gasteiger partial charge is 0.0710 e. The maximum absolute atomic E-state index is 4.48. The first-order valence-electron chi connectivity index (χ1n) is 15.5. The highest BCUT2D eigenvalue weighted by Crippen LogP contribution is 2.60. The fourth-order valence-corrected chi connectivity index (χ4v) is 5.84. The topological polar surface area (TPSA) is 0 Å². The summed E-state index contributed by atoms with van der Waals surface area (Å²) in [5.74, 6) is 0.422. The van der Waals surface area contributed by atoms with Crippen molar-refractivity contribution in [2.75, 3.05) is 0 Å². The van der Waals surface area contributed by atoms with Crippen LogP contribution >= 0.6 is 0 Å². The lowest BCUT2D eigenvalue weighted by atomic mass is 9.62. The molecular formula is C41H54. The van der Waals surface area contributed by atoms with Gasteiger partial charge in [0.15, 0.2) is 0 Å². The molecule has 1 fully saturated rings. The molecule has 0 N–H and O–H groups in total. The summed E-state index contributed by atoms with van der Waals surface area (Å²) in [6, 6.07) is 0. The number of hydrogen-bond acceptors (Lipinski definition) is 0. The Hall–Kier alpha value is -3.12. The van der Waals surface area contributed by atoms with Crippen molar-refractivity contribution in [2.45, 2.75) is 94.4 Å². The van der Waals surface area contributed by atoms with Crippen LogP contribution in [-0.4, -0.2) is 0 Å². The fourth-order valence-electron chi connectivity index (χ4n) is 5.84. The quantitative estimate of drug-likeness (QED) is 0.226. The van der Waals surface area contributed by atoms with Gasteiger partial charge in [0.25, 0.3) is 0 Å². The molecular weight excluding hydrogens is 492 g/mol. The van der Waals surface area contributed by atoms with Crippen LogP contribution in [0.1, 0.15) is 94.4 Å². The van der Waals surface area contributed by atoms with Gasteiger partial charge in [-0.2, -0.15) is 0 Å². The zero-order valence-corrected chi connectivity index (χ0v) is 27.6. The van der Waals surface area contributed by atoms with E-state index in [2.05, 4.69) is 125 Å². The van der Waals surface area contributed by atoms with Crippen LogP contribution in [-0.2, 0) is 0 Å². The number of rotatable bonds is 11. The SMILES string of the molecule is C=CC1=C(/C=C(\C)C(C)C)C(/C(C=C)=C/C2=C(C)CC2)(C(/C=C2/CCC2=C)=C/CC)C(/C=C(\C)C(C)(C)C)=C1C=C. The largest absolute Gasteiger partial charge is 0.0987 e. The van der Waals surface area contributed by atoms with Crippen molar-refractivity contribution in [1.82, 2.24) is 0 Å². The Balaban J connectivity index is 2.68. The summed E-state index contributed by atoms with van der Waals surface area (Å²) in [6.45, 7) is 38.1. The van der Waals surface area contributed by atoms with Crippen LogP contribution in [0.2, 0.25) is 0 Å². The Bertz CT molecular complexity index is 1380. The molecule has 1 atom stereocenters. The van der Waals surface area contributed by atoms with E-state index in [0.717, 1.165) is 36.8 Å². The summed E-state index contributed by atoms with van der Waals surface area (Å²) in [5.41, 5.74) is 15.0. The predicted octanol–water partition coefficient (Wildman–Crippen LogP) is 12.4. The van der Waals surface area contributed by atoms with Crippen LogP contribution in [0, 0.1) is 16.7 Å². The fraction of sp³-hybridized carbons (Fsp3) is 0.415. The molecule has 0 bridgehead atoms. The number of hydrogen-bond donors (Lipinski definition) is 0. The molecule has 218 valence electrons. The Labute approximate surface area is 252 Å². The van der Waals surface area contributed by atoms with Gasteiger partial charge in [0.2, 0.25) is 0 Å². The highest BCUT2D eigenvalue weighted by molar-refractivity contribution is 5.77. The zero-order chi connectivity index (χ0) is 30.7. The second-order valence-electron chi connectivity index (χ2n) is 13.4. The molecule has 0 heteroatoms. The maximum Gasteiger partial charge on any atom is 0.0710 e. The lowest BCUT2D eigenvalue weighted by Crippen LogP contribution is -2.29. The van der Waals surface area contributed by atoms with Crippen molar-refractivity contribution in [3.05, 3.63) is 142 Å². The van der Waals surface area contributed by atoms with Gasteiger partial charge in [-0.15, -0.1) is 0 Å². The molecule has 41 heavy (non-hydrogen) atoms. The Morgan fingerprint density at radius 2 is 1.49 bits per heavy atom. The van der Waals surface area contributed by atoms with E-state index >= 15 is 0 Å². The zero-order valence-electron chi connectivity index (χ0n) is 27.6. The van der Waals surface area contributed by atoms with Crippen molar-refractivity contribution < 1.29 is 0 Å². The summed E-state index contributed by atoms with van der Waals surface area (Å²) in [7, 11) is 0. The molecule has 0 aliphatic heterocycles. The molecule has 0 radical (unpaired) electrons. The lowest BCUT2D eigenvalue weighted by Gasteiger charge is -2.40. The molecule has 0 nitrogen and oxygen atoms in total. The van der Waals surface area contributed by atoms with E-state index in [1.807, 2.05) is 12.2 Å². The third-order valence-corrected chi connectivity index (χ3v) is 9.55. The first-order chi connectivity index (χ1) is 19.3. The Morgan fingerprint density at radius 1 is 0.878 bits per heavy atom. The van der Waals surface area contributed by atoms with E-state index in [9.17, 15) is 0 Å². The van der Waals surface area contributed by atoms with Gasteiger partial charge >= 0.3 is 0 Å². The van der Waals surface area contributed by atoms with Crippen molar-refractivity contribution >= 4 is 0 Å². The second kappa shape index (κ2) is 12.8. The van der Waals surface area contributed by atoms with Crippen molar-refractivity contribution in [2.24, 2.45) is 16.7 Å². The Morgan fingerprint density at radius 3 is 1.85 bits per heavy atom. The van der Waals surface area contributed by atoms with Crippen LogP contribution in [0.5, 0.6) is 0 Å². The molecule has 3 aliphatic rings. The minimum absolute atomic E-state index is 0.0201. The van der Waals surface area contributed by atoms with E-state index in [1.54, 1.807) is 0 Å². The molecule has 0 saturated heterocycles. The highest BCUT2D eigenvalue weighted by Gasteiger charge is 2.48. The van der Waals surface area contributed by atoms with Gasteiger partial charge in [0.1, 0.15) is 0 Å². The first kappa shape index (κ1) is 32.4. The van der Waals surface area contributed by atoms with E-state index in [0.29, 0.717) is 5.92 Å². The van der Waals surface area contributed by atoms with Crippen molar-refractivity contribution in [1.29, 1.82) is 0 Å². The van der Waals surface area contributed by atoms with Crippen LogP contribution < -0.4 is 0 Å². The monoisotopic (exact) mass is 546 g/mol. The molecule has 0 amide bonds. The Kier molecular flexibility index (Phi) is 10.1. The van der Waals surface area contributed by atoms with E-state index in [1.165, 1.54) is 62.2 Å². The van der Waals surface area contributed by atoms with E-state index in [-0.39, 0.29) is 5.41 Å². The summed E-state index contributed by atoms with van der Waals surface area (Å²) >= 11 is 0. The molecule has 1 unspecified atom stereocenters. The third kappa shape index (κ3) is 6.08. The summed E-state index contributed by atoms with van der Waals surface area (Å²) in [5, 5.41) is 0. The normalized spacial score (nSPS) is 24.0. The van der Waals surface area contributed by atoms with Gasteiger partial charge in [-0.05, 0) is 109 Å². The molecule has 3 rings (SSSR count). The molecule has 0 aromatic carbocycles. The van der Waals surface area contributed by atoms with Gasteiger partial charge in [-0.1, -0.05) is 139 Å². The van der Waals surface area contributed by atoms with E-state index in [4.69, 9.17) is 0 Å². The average molecular weight is 547 g/mol. The van der Waals surface area contributed by atoms with Crippen LogP contribution in [0.4, 0.5) is 0 Å². The second-order valence-corrected chi connectivity index (χ2v) is 13.4. The number of allylic oxidation sites excluding steroid dienone is 20. The summed E-state index contributed by atoms with van der Waals surface area (Å²) in [4.78, 5) is 0.